The molecule has 0 aliphatic carbocycles. The van der Waals surface area contributed by atoms with Crippen molar-refractivity contribution < 1.29 is 13.9 Å². The molecule has 0 bridgehead atoms. The number of carbonyl (C=O) groups excluding carboxylic acids is 1. The number of morpholine rings is 1. The van der Waals surface area contributed by atoms with Crippen molar-refractivity contribution in [2.24, 2.45) is 5.92 Å². The number of hydrogen-bond acceptors (Lipinski definition) is 6. The van der Waals surface area contributed by atoms with Crippen LogP contribution in [0.4, 0.5) is 0 Å². The average molecular weight is 463 g/mol. The van der Waals surface area contributed by atoms with Gasteiger partial charge >= 0.3 is 0 Å². The summed E-state index contributed by atoms with van der Waals surface area (Å²) in [5, 5.41) is 11.6. The Morgan fingerprint density at radius 2 is 1.68 bits per heavy atom. The van der Waals surface area contributed by atoms with Crippen molar-refractivity contribution in [3.8, 4) is 22.9 Å². The Bertz CT molecular complexity index is 1070. The highest BCUT2D eigenvalue weighted by Gasteiger charge is 2.27. The molecule has 4 rings (SSSR count). The molecule has 1 aliphatic rings. The summed E-state index contributed by atoms with van der Waals surface area (Å²) in [6.45, 7) is 10.5. The predicted octanol–water partition coefficient (Wildman–Crippen LogP) is 4.58. The zero-order chi connectivity index (χ0) is 23.9. The molecule has 7 heteroatoms. The van der Waals surface area contributed by atoms with Crippen LogP contribution in [0.25, 0.3) is 22.9 Å². The monoisotopic (exact) mass is 462 g/mol. The van der Waals surface area contributed by atoms with Crippen molar-refractivity contribution in [2.45, 2.75) is 39.7 Å². The van der Waals surface area contributed by atoms with E-state index in [1.54, 1.807) is 0 Å². The third-order valence-electron chi connectivity index (χ3n) is 6.77. The summed E-state index contributed by atoms with van der Waals surface area (Å²) in [4.78, 5) is 15.4. The van der Waals surface area contributed by atoms with Crippen LogP contribution in [0, 0.1) is 12.8 Å². The highest BCUT2D eigenvalue weighted by atomic mass is 16.5. The Hall–Kier alpha value is -3.03. The Morgan fingerprint density at radius 1 is 1.00 bits per heavy atom. The van der Waals surface area contributed by atoms with Crippen LogP contribution < -0.4 is 5.32 Å². The predicted molar refractivity (Wildman–Crippen MR) is 132 cm³/mol. The minimum absolute atomic E-state index is 0.0677. The molecule has 1 saturated heterocycles. The number of nitrogens with zero attached hydrogens (tertiary/aromatic N) is 3. The van der Waals surface area contributed by atoms with E-state index >= 15 is 0 Å². The normalized spacial score (nSPS) is 15.4. The summed E-state index contributed by atoms with van der Waals surface area (Å²) in [5.74, 6) is 1.40. The fraction of sp³-hybridized carbons (Fsp3) is 0.444. The number of benzene rings is 2. The maximum absolute atomic E-state index is 12.9. The van der Waals surface area contributed by atoms with Crippen LogP contribution >= 0.6 is 0 Å². The molecule has 7 nitrogen and oxygen atoms in total. The molecule has 1 atom stereocenters. The van der Waals surface area contributed by atoms with Gasteiger partial charge in [-0.05, 0) is 48.7 Å². The minimum atomic E-state index is -0.0677. The molecule has 1 aliphatic heterocycles. The summed E-state index contributed by atoms with van der Waals surface area (Å²) < 4.78 is 11.4. The van der Waals surface area contributed by atoms with Crippen molar-refractivity contribution in [2.75, 3.05) is 32.8 Å². The van der Waals surface area contributed by atoms with Gasteiger partial charge in [-0.3, -0.25) is 9.69 Å². The van der Waals surface area contributed by atoms with Crippen LogP contribution in [-0.2, 0) is 4.74 Å². The van der Waals surface area contributed by atoms with E-state index in [2.05, 4.69) is 34.3 Å². The van der Waals surface area contributed by atoms with Gasteiger partial charge in [0.05, 0.1) is 13.2 Å². The number of hydrogen-bond donors (Lipinski definition) is 1. The lowest BCUT2D eigenvalue weighted by atomic mass is 9.92. The van der Waals surface area contributed by atoms with Crippen LogP contribution in [0.3, 0.4) is 0 Å². The maximum Gasteiger partial charge on any atom is 0.251 e. The van der Waals surface area contributed by atoms with Crippen LogP contribution in [0.15, 0.2) is 52.9 Å². The number of amides is 1. The first kappa shape index (κ1) is 24.1. The number of nitrogens with one attached hydrogen (secondary N) is 1. The lowest BCUT2D eigenvalue weighted by Crippen LogP contribution is -2.52. The highest BCUT2D eigenvalue weighted by molar-refractivity contribution is 5.94. The molecule has 3 aromatic rings. The molecule has 1 fully saturated rings. The summed E-state index contributed by atoms with van der Waals surface area (Å²) in [6.07, 6.45) is 2.19. The second-order valence-corrected chi connectivity index (χ2v) is 8.81. The van der Waals surface area contributed by atoms with E-state index in [1.807, 2.05) is 55.5 Å². The quantitative estimate of drug-likeness (QED) is 0.501. The van der Waals surface area contributed by atoms with Gasteiger partial charge in [-0.25, -0.2) is 0 Å². The van der Waals surface area contributed by atoms with Crippen molar-refractivity contribution in [1.29, 1.82) is 0 Å². The fourth-order valence-corrected chi connectivity index (χ4v) is 4.66. The summed E-state index contributed by atoms with van der Waals surface area (Å²) in [7, 11) is 0. The largest absolute Gasteiger partial charge is 0.416 e. The molecule has 0 saturated carbocycles. The van der Waals surface area contributed by atoms with Crippen molar-refractivity contribution in [3.63, 3.8) is 0 Å². The smallest absolute Gasteiger partial charge is 0.251 e. The van der Waals surface area contributed by atoms with E-state index in [0.29, 0.717) is 35.8 Å². The highest BCUT2D eigenvalue weighted by Crippen LogP contribution is 2.26. The van der Waals surface area contributed by atoms with Gasteiger partial charge in [0.15, 0.2) is 0 Å². The number of aryl methyl sites for hydroxylation is 1. The van der Waals surface area contributed by atoms with Gasteiger partial charge in [-0.2, -0.15) is 0 Å². The molecule has 1 amide bonds. The van der Waals surface area contributed by atoms with Crippen LogP contribution in [-0.4, -0.2) is 59.9 Å². The first-order valence-corrected chi connectivity index (χ1v) is 12.2. The average Bonchev–Trinajstić information content (AvgIpc) is 3.37. The second kappa shape index (κ2) is 11.4. The van der Waals surface area contributed by atoms with Gasteiger partial charge in [-0.1, -0.05) is 44.9 Å². The maximum atomic E-state index is 12.9. The van der Waals surface area contributed by atoms with Crippen molar-refractivity contribution in [3.05, 3.63) is 59.7 Å². The molecule has 1 aromatic heterocycles. The molecular formula is C27H34N4O3. The van der Waals surface area contributed by atoms with E-state index < -0.39 is 0 Å². The van der Waals surface area contributed by atoms with Gasteiger partial charge in [0.2, 0.25) is 11.8 Å². The molecule has 1 N–H and O–H groups in total. The van der Waals surface area contributed by atoms with Gasteiger partial charge < -0.3 is 14.5 Å². The Balaban J connectivity index is 1.41. The topological polar surface area (TPSA) is 80.5 Å². The SMILES string of the molecule is CCC(CC)C(CNC(=O)c1ccc(-c2nnc(-c3ccccc3C)o2)cc1)N1CCOCC1. The molecule has 180 valence electrons. The third-order valence-corrected chi connectivity index (χ3v) is 6.77. The summed E-state index contributed by atoms with van der Waals surface area (Å²) in [5.41, 5.74) is 3.40. The molecule has 2 heterocycles. The van der Waals surface area contributed by atoms with E-state index in [4.69, 9.17) is 9.15 Å². The van der Waals surface area contributed by atoms with Gasteiger partial charge in [0.25, 0.3) is 5.91 Å². The number of carbonyl (C=O) groups is 1. The number of ether oxygens (including phenoxy) is 1. The summed E-state index contributed by atoms with van der Waals surface area (Å²) >= 11 is 0. The number of aromatic nitrogens is 2. The molecular weight excluding hydrogens is 428 g/mol. The standard InChI is InChI=1S/C27H34N4O3/c1-4-20(5-2)24(31-14-16-33-17-15-31)18-28-25(32)21-10-12-22(13-11-21)26-29-30-27(34-26)23-9-7-6-8-19(23)3/h6-13,20,24H,4-5,14-18H2,1-3H3,(H,28,32). The first-order chi connectivity index (χ1) is 16.6. The van der Waals surface area contributed by atoms with Gasteiger partial charge in [0.1, 0.15) is 0 Å². The van der Waals surface area contributed by atoms with Crippen molar-refractivity contribution in [1.82, 2.24) is 20.4 Å². The molecule has 0 spiro atoms. The molecule has 2 aromatic carbocycles. The fourth-order valence-electron chi connectivity index (χ4n) is 4.66. The Labute approximate surface area is 201 Å². The van der Waals surface area contributed by atoms with Crippen LogP contribution in [0.2, 0.25) is 0 Å². The van der Waals surface area contributed by atoms with E-state index in [0.717, 1.165) is 55.8 Å². The van der Waals surface area contributed by atoms with E-state index in [1.165, 1.54) is 0 Å². The van der Waals surface area contributed by atoms with Crippen LogP contribution in [0.1, 0.15) is 42.6 Å². The molecule has 34 heavy (non-hydrogen) atoms. The zero-order valence-electron chi connectivity index (χ0n) is 20.3. The van der Waals surface area contributed by atoms with Crippen LogP contribution in [0.5, 0.6) is 0 Å². The lowest BCUT2D eigenvalue weighted by molar-refractivity contribution is 0.00191. The minimum Gasteiger partial charge on any atom is -0.416 e. The molecule has 1 unspecified atom stereocenters. The number of rotatable bonds is 9. The van der Waals surface area contributed by atoms with Gasteiger partial charge in [0, 0.05) is 42.4 Å². The van der Waals surface area contributed by atoms with E-state index in [9.17, 15) is 4.79 Å². The first-order valence-electron chi connectivity index (χ1n) is 12.2. The summed E-state index contributed by atoms with van der Waals surface area (Å²) in [6, 6.07) is 15.5. The second-order valence-electron chi connectivity index (χ2n) is 8.81. The lowest BCUT2D eigenvalue weighted by Gasteiger charge is -2.38. The van der Waals surface area contributed by atoms with Gasteiger partial charge in [-0.15, -0.1) is 10.2 Å². The molecule has 0 radical (unpaired) electrons. The Kier molecular flexibility index (Phi) is 8.08. The Morgan fingerprint density at radius 3 is 2.35 bits per heavy atom. The zero-order valence-corrected chi connectivity index (χ0v) is 20.3. The third kappa shape index (κ3) is 5.54. The van der Waals surface area contributed by atoms with E-state index in [-0.39, 0.29) is 5.91 Å². The van der Waals surface area contributed by atoms with Crippen molar-refractivity contribution >= 4 is 5.91 Å².